The molecule has 1 rings (SSSR count). The molecule has 0 unspecified atom stereocenters. The monoisotopic (exact) mass is 207 g/mol. The molecule has 0 aliphatic heterocycles. The van der Waals surface area contributed by atoms with Gasteiger partial charge in [-0.25, -0.2) is 0 Å². The van der Waals surface area contributed by atoms with Crippen molar-refractivity contribution in [1.29, 1.82) is 0 Å². The minimum Gasteiger partial charge on any atom is -0.481 e. The van der Waals surface area contributed by atoms with Crippen molar-refractivity contribution in [2.24, 2.45) is 0 Å². The van der Waals surface area contributed by atoms with Crippen molar-refractivity contribution < 1.29 is 9.90 Å². The summed E-state index contributed by atoms with van der Waals surface area (Å²) < 4.78 is 0. The molecule has 1 aromatic carbocycles. The van der Waals surface area contributed by atoms with Gasteiger partial charge in [-0.1, -0.05) is 6.07 Å². The molecule has 0 aliphatic carbocycles. The molecule has 0 heterocycles. The van der Waals surface area contributed by atoms with Crippen LogP contribution in [0.4, 0.5) is 5.69 Å². The third-order valence-corrected chi connectivity index (χ3v) is 2.31. The number of carboxylic acid groups (broad SMARTS) is 1. The molecule has 3 nitrogen and oxygen atoms in total. The second kappa shape index (κ2) is 4.82. The summed E-state index contributed by atoms with van der Waals surface area (Å²) in [5, 5.41) is 8.59. The lowest BCUT2D eigenvalue weighted by Gasteiger charge is -2.19. The fourth-order valence-corrected chi connectivity index (χ4v) is 1.56. The van der Waals surface area contributed by atoms with E-state index < -0.39 is 5.97 Å². The number of carbonyl (C=O) groups is 1. The van der Waals surface area contributed by atoms with Gasteiger partial charge in [0.2, 0.25) is 0 Å². The first kappa shape index (κ1) is 11.6. The quantitative estimate of drug-likeness (QED) is 0.823. The smallest absolute Gasteiger partial charge is 0.305 e. The highest BCUT2D eigenvalue weighted by molar-refractivity contribution is 5.67. The molecule has 82 valence electrons. The van der Waals surface area contributed by atoms with E-state index in [9.17, 15) is 4.79 Å². The molecule has 1 aromatic rings. The second-order valence-corrected chi connectivity index (χ2v) is 3.91. The Morgan fingerprint density at radius 3 is 2.27 bits per heavy atom. The van der Waals surface area contributed by atoms with Crippen LogP contribution in [0.3, 0.4) is 0 Å². The van der Waals surface area contributed by atoms with Gasteiger partial charge in [0.15, 0.2) is 0 Å². The minimum absolute atomic E-state index is 0.170. The molecule has 0 amide bonds. The van der Waals surface area contributed by atoms with E-state index in [4.69, 9.17) is 5.11 Å². The summed E-state index contributed by atoms with van der Waals surface area (Å²) in [7, 11) is 1.91. The molecule has 0 saturated heterocycles. The van der Waals surface area contributed by atoms with Crippen LogP contribution < -0.4 is 4.90 Å². The molecular formula is C12H17NO2. The molecule has 15 heavy (non-hydrogen) atoms. The largest absolute Gasteiger partial charge is 0.481 e. The number of anilines is 1. The topological polar surface area (TPSA) is 40.5 Å². The summed E-state index contributed by atoms with van der Waals surface area (Å²) in [5.74, 6) is -0.758. The van der Waals surface area contributed by atoms with Crippen LogP contribution in [0, 0.1) is 13.8 Å². The zero-order chi connectivity index (χ0) is 11.4. The molecule has 0 atom stereocenters. The van der Waals surface area contributed by atoms with E-state index in [-0.39, 0.29) is 6.42 Å². The van der Waals surface area contributed by atoms with Gasteiger partial charge in [-0.15, -0.1) is 0 Å². The van der Waals surface area contributed by atoms with Gasteiger partial charge in [0.05, 0.1) is 6.42 Å². The Morgan fingerprint density at radius 2 is 1.80 bits per heavy atom. The summed E-state index contributed by atoms with van der Waals surface area (Å²) in [5.41, 5.74) is 3.48. The van der Waals surface area contributed by atoms with Crippen LogP contribution in [0.2, 0.25) is 0 Å². The molecule has 0 radical (unpaired) electrons. The zero-order valence-corrected chi connectivity index (χ0v) is 9.45. The van der Waals surface area contributed by atoms with E-state index in [2.05, 4.69) is 18.2 Å². The van der Waals surface area contributed by atoms with Crippen LogP contribution in [0.15, 0.2) is 18.2 Å². The van der Waals surface area contributed by atoms with Gasteiger partial charge < -0.3 is 10.0 Å². The lowest BCUT2D eigenvalue weighted by molar-refractivity contribution is -0.136. The summed E-state index contributed by atoms with van der Waals surface area (Å²) in [4.78, 5) is 12.4. The average Bonchev–Trinajstić information content (AvgIpc) is 2.12. The van der Waals surface area contributed by atoms with Gasteiger partial charge in [-0.05, 0) is 37.1 Å². The van der Waals surface area contributed by atoms with Gasteiger partial charge in [0, 0.05) is 19.3 Å². The Morgan fingerprint density at radius 1 is 1.27 bits per heavy atom. The molecular weight excluding hydrogens is 190 g/mol. The molecule has 0 aliphatic rings. The Balaban J connectivity index is 2.72. The maximum atomic E-state index is 10.4. The first-order chi connectivity index (χ1) is 6.99. The maximum Gasteiger partial charge on any atom is 0.305 e. The van der Waals surface area contributed by atoms with Gasteiger partial charge in [0.1, 0.15) is 0 Å². The third kappa shape index (κ3) is 3.62. The fraction of sp³-hybridized carbons (Fsp3) is 0.417. The van der Waals surface area contributed by atoms with E-state index in [1.807, 2.05) is 25.8 Å². The number of nitrogens with zero attached hydrogens (tertiary/aromatic N) is 1. The Labute approximate surface area is 90.3 Å². The van der Waals surface area contributed by atoms with Crippen LogP contribution in [0.1, 0.15) is 17.5 Å². The van der Waals surface area contributed by atoms with Crippen molar-refractivity contribution >= 4 is 11.7 Å². The molecule has 0 saturated carbocycles. The van der Waals surface area contributed by atoms with Crippen LogP contribution in [0.25, 0.3) is 0 Å². The normalized spacial score (nSPS) is 10.1. The predicted molar refractivity (Wildman–Crippen MR) is 61.4 cm³/mol. The van der Waals surface area contributed by atoms with E-state index in [1.54, 1.807) is 0 Å². The predicted octanol–water partition coefficient (Wildman–Crippen LogP) is 2.21. The Kier molecular flexibility index (Phi) is 3.72. The van der Waals surface area contributed by atoms with Gasteiger partial charge in [-0.2, -0.15) is 0 Å². The summed E-state index contributed by atoms with van der Waals surface area (Å²) in [6.07, 6.45) is 0.170. The molecule has 0 aromatic heterocycles. The average molecular weight is 207 g/mol. The number of hydrogen-bond acceptors (Lipinski definition) is 2. The second-order valence-electron chi connectivity index (χ2n) is 3.91. The van der Waals surface area contributed by atoms with Crippen LogP contribution in [0.5, 0.6) is 0 Å². The van der Waals surface area contributed by atoms with Crippen LogP contribution in [-0.4, -0.2) is 24.7 Å². The lowest BCUT2D eigenvalue weighted by Crippen LogP contribution is -2.21. The van der Waals surface area contributed by atoms with Crippen molar-refractivity contribution in [3.8, 4) is 0 Å². The van der Waals surface area contributed by atoms with Crippen molar-refractivity contribution in [2.45, 2.75) is 20.3 Å². The highest BCUT2D eigenvalue weighted by Gasteiger charge is 2.04. The van der Waals surface area contributed by atoms with Crippen molar-refractivity contribution in [3.05, 3.63) is 29.3 Å². The van der Waals surface area contributed by atoms with E-state index in [1.165, 1.54) is 11.1 Å². The number of carboxylic acids is 1. The SMILES string of the molecule is Cc1cc(C)cc(N(C)CCC(=O)O)c1. The number of rotatable bonds is 4. The van der Waals surface area contributed by atoms with E-state index in [0.29, 0.717) is 6.54 Å². The summed E-state index contributed by atoms with van der Waals surface area (Å²) in [6, 6.07) is 6.23. The summed E-state index contributed by atoms with van der Waals surface area (Å²) in [6.45, 7) is 4.63. The molecule has 0 fully saturated rings. The van der Waals surface area contributed by atoms with Crippen molar-refractivity contribution in [1.82, 2.24) is 0 Å². The Bertz CT molecular complexity index is 340. The number of benzene rings is 1. The molecule has 1 N–H and O–H groups in total. The molecule has 0 bridgehead atoms. The van der Waals surface area contributed by atoms with Crippen molar-refractivity contribution in [2.75, 3.05) is 18.5 Å². The maximum absolute atomic E-state index is 10.4. The van der Waals surface area contributed by atoms with Crippen LogP contribution in [-0.2, 0) is 4.79 Å². The lowest BCUT2D eigenvalue weighted by atomic mass is 10.1. The highest BCUT2D eigenvalue weighted by atomic mass is 16.4. The van der Waals surface area contributed by atoms with Gasteiger partial charge in [0.25, 0.3) is 0 Å². The molecule has 3 heteroatoms. The Hall–Kier alpha value is -1.51. The number of hydrogen-bond donors (Lipinski definition) is 1. The zero-order valence-electron chi connectivity index (χ0n) is 9.45. The number of aryl methyl sites for hydroxylation is 2. The van der Waals surface area contributed by atoms with Gasteiger partial charge in [-0.3, -0.25) is 4.79 Å². The number of aliphatic carboxylic acids is 1. The van der Waals surface area contributed by atoms with Crippen molar-refractivity contribution in [3.63, 3.8) is 0 Å². The fourth-order valence-electron chi connectivity index (χ4n) is 1.56. The standard InChI is InChI=1S/C12H17NO2/c1-9-6-10(2)8-11(7-9)13(3)5-4-12(14)15/h6-8H,4-5H2,1-3H3,(H,14,15). The third-order valence-electron chi connectivity index (χ3n) is 2.31. The molecule has 0 spiro atoms. The first-order valence-electron chi connectivity index (χ1n) is 5.00. The minimum atomic E-state index is -0.758. The van der Waals surface area contributed by atoms with E-state index in [0.717, 1.165) is 5.69 Å². The first-order valence-corrected chi connectivity index (χ1v) is 5.00. The van der Waals surface area contributed by atoms with E-state index >= 15 is 0 Å². The van der Waals surface area contributed by atoms with Crippen LogP contribution >= 0.6 is 0 Å². The highest BCUT2D eigenvalue weighted by Crippen LogP contribution is 2.17. The summed E-state index contributed by atoms with van der Waals surface area (Å²) >= 11 is 0. The van der Waals surface area contributed by atoms with Gasteiger partial charge >= 0.3 is 5.97 Å².